The summed E-state index contributed by atoms with van der Waals surface area (Å²) in [5.41, 5.74) is 1.91. The molecule has 3 aliphatic rings. The average molecular weight is 327 g/mol. The van der Waals surface area contributed by atoms with Crippen LogP contribution in [0, 0.1) is 17.8 Å². The quantitative estimate of drug-likeness (QED) is 0.929. The number of carbonyl (C=O) groups is 2. The lowest BCUT2D eigenvalue weighted by Crippen LogP contribution is -2.46. The number of aryl methyl sites for hydroxylation is 1. The number of nitrogens with zero attached hydrogens (tertiary/aromatic N) is 1. The molecule has 1 aromatic carbocycles. The van der Waals surface area contributed by atoms with Gasteiger partial charge < -0.3 is 10.0 Å². The lowest BCUT2D eigenvalue weighted by Gasteiger charge is -2.37. The monoisotopic (exact) mass is 327 g/mol. The first-order chi connectivity index (χ1) is 11.5. The molecule has 2 aliphatic carbocycles. The summed E-state index contributed by atoms with van der Waals surface area (Å²) in [5, 5.41) is 9.55. The maximum Gasteiger partial charge on any atom is 0.308 e. The Kier molecular flexibility index (Phi) is 3.66. The second-order valence-corrected chi connectivity index (χ2v) is 8.00. The molecule has 1 N–H and O–H groups in total. The van der Waals surface area contributed by atoms with Crippen LogP contribution in [0.3, 0.4) is 0 Å². The number of carbonyl (C=O) groups excluding carboxylic acids is 1. The van der Waals surface area contributed by atoms with Gasteiger partial charge in [0.2, 0.25) is 5.91 Å². The van der Waals surface area contributed by atoms with Crippen LogP contribution in [0.5, 0.6) is 0 Å². The van der Waals surface area contributed by atoms with Gasteiger partial charge in [-0.3, -0.25) is 9.59 Å². The second-order valence-electron chi connectivity index (χ2n) is 8.00. The van der Waals surface area contributed by atoms with Gasteiger partial charge in [-0.05, 0) is 62.0 Å². The molecular weight excluding hydrogens is 302 g/mol. The average Bonchev–Trinajstić information content (AvgIpc) is 3.33. The predicted octanol–water partition coefficient (Wildman–Crippen LogP) is 2.85. The highest BCUT2D eigenvalue weighted by Gasteiger charge is 2.50. The zero-order valence-electron chi connectivity index (χ0n) is 14.2. The van der Waals surface area contributed by atoms with Crippen LogP contribution in [0.15, 0.2) is 24.3 Å². The Morgan fingerprint density at radius 1 is 1.21 bits per heavy atom. The standard InChI is InChI=1S/C20H25NO3/c1-20(10-4-6-14-5-2-3-7-17(14)20)19(24)21-11-15(13-8-9-13)16(12-21)18(22)23/h2-3,5,7,13,15-16H,4,6,8-12H2,1H3,(H,22,23)/t15-,16+,20?/m1/s1. The molecule has 0 radical (unpaired) electrons. The largest absolute Gasteiger partial charge is 0.481 e. The molecule has 1 saturated carbocycles. The minimum atomic E-state index is -0.739. The molecule has 1 heterocycles. The van der Waals surface area contributed by atoms with E-state index in [9.17, 15) is 14.7 Å². The summed E-state index contributed by atoms with van der Waals surface area (Å²) < 4.78 is 0. The molecule has 4 nitrogen and oxygen atoms in total. The highest BCUT2D eigenvalue weighted by Crippen LogP contribution is 2.46. The molecule has 0 aromatic heterocycles. The zero-order valence-corrected chi connectivity index (χ0v) is 14.2. The number of carboxylic acids is 1. The SMILES string of the molecule is CC1(C(=O)N2C[C@H](C(=O)O)[C@@H](C3CC3)C2)CCCc2ccccc21. The Balaban J connectivity index is 1.61. The third kappa shape index (κ3) is 2.43. The van der Waals surface area contributed by atoms with Gasteiger partial charge in [0.05, 0.1) is 11.3 Å². The Bertz CT molecular complexity index is 681. The van der Waals surface area contributed by atoms with Crippen LogP contribution in [-0.2, 0) is 21.4 Å². The molecule has 1 aliphatic heterocycles. The van der Waals surface area contributed by atoms with E-state index in [1.807, 2.05) is 24.0 Å². The van der Waals surface area contributed by atoms with E-state index in [-0.39, 0.29) is 17.7 Å². The molecule has 1 aromatic rings. The van der Waals surface area contributed by atoms with Gasteiger partial charge in [0.25, 0.3) is 0 Å². The Morgan fingerprint density at radius 3 is 2.67 bits per heavy atom. The van der Waals surface area contributed by atoms with Gasteiger partial charge in [-0.25, -0.2) is 0 Å². The van der Waals surface area contributed by atoms with Gasteiger partial charge in [-0.2, -0.15) is 0 Å². The first-order valence-corrected chi connectivity index (χ1v) is 9.11. The zero-order chi connectivity index (χ0) is 16.9. The van der Waals surface area contributed by atoms with Crippen LogP contribution >= 0.6 is 0 Å². The van der Waals surface area contributed by atoms with Crippen molar-refractivity contribution in [3.8, 4) is 0 Å². The van der Waals surface area contributed by atoms with Crippen molar-refractivity contribution in [1.29, 1.82) is 0 Å². The Labute approximate surface area is 142 Å². The predicted molar refractivity (Wildman–Crippen MR) is 90.7 cm³/mol. The lowest BCUT2D eigenvalue weighted by atomic mass is 9.70. The van der Waals surface area contributed by atoms with Crippen LogP contribution < -0.4 is 0 Å². The molecule has 0 spiro atoms. The number of hydrogen-bond donors (Lipinski definition) is 1. The van der Waals surface area contributed by atoms with E-state index >= 15 is 0 Å². The summed E-state index contributed by atoms with van der Waals surface area (Å²) in [6, 6.07) is 8.24. The Hall–Kier alpha value is -1.84. The van der Waals surface area contributed by atoms with E-state index < -0.39 is 11.4 Å². The van der Waals surface area contributed by atoms with Gasteiger partial charge >= 0.3 is 5.97 Å². The maximum absolute atomic E-state index is 13.4. The number of rotatable bonds is 3. The summed E-state index contributed by atoms with van der Waals surface area (Å²) >= 11 is 0. The van der Waals surface area contributed by atoms with Crippen molar-refractivity contribution in [1.82, 2.24) is 4.90 Å². The molecule has 1 amide bonds. The number of fused-ring (bicyclic) bond motifs is 1. The van der Waals surface area contributed by atoms with Crippen LogP contribution in [-0.4, -0.2) is 35.0 Å². The first kappa shape index (κ1) is 15.7. The molecule has 1 unspecified atom stereocenters. The molecule has 2 fully saturated rings. The Morgan fingerprint density at radius 2 is 1.96 bits per heavy atom. The van der Waals surface area contributed by atoms with Crippen LogP contribution in [0.1, 0.15) is 43.7 Å². The van der Waals surface area contributed by atoms with Crippen molar-refractivity contribution >= 4 is 11.9 Å². The number of likely N-dealkylation sites (tertiary alicyclic amines) is 1. The number of benzene rings is 1. The first-order valence-electron chi connectivity index (χ1n) is 9.11. The summed E-state index contributed by atoms with van der Waals surface area (Å²) in [6.07, 6.45) is 5.14. The molecule has 4 rings (SSSR count). The van der Waals surface area contributed by atoms with E-state index in [0.29, 0.717) is 19.0 Å². The normalized spacial score (nSPS) is 32.5. The van der Waals surface area contributed by atoms with Gasteiger partial charge in [-0.1, -0.05) is 24.3 Å². The molecule has 128 valence electrons. The fraction of sp³-hybridized carbons (Fsp3) is 0.600. The summed E-state index contributed by atoms with van der Waals surface area (Å²) in [5.74, 6) is -0.339. The summed E-state index contributed by atoms with van der Waals surface area (Å²) in [7, 11) is 0. The highest BCUT2D eigenvalue weighted by atomic mass is 16.4. The van der Waals surface area contributed by atoms with E-state index in [2.05, 4.69) is 12.1 Å². The van der Waals surface area contributed by atoms with Gasteiger partial charge in [-0.15, -0.1) is 0 Å². The van der Waals surface area contributed by atoms with Crippen LogP contribution in [0.2, 0.25) is 0 Å². The van der Waals surface area contributed by atoms with Crippen molar-refractivity contribution in [2.45, 2.75) is 44.4 Å². The van der Waals surface area contributed by atoms with Crippen LogP contribution in [0.25, 0.3) is 0 Å². The van der Waals surface area contributed by atoms with E-state index in [4.69, 9.17) is 0 Å². The molecule has 24 heavy (non-hydrogen) atoms. The number of carboxylic acid groups (broad SMARTS) is 1. The van der Waals surface area contributed by atoms with Crippen molar-refractivity contribution in [3.63, 3.8) is 0 Å². The summed E-state index contributed by atoms with van der Waals surface area (Å²) in [4.78, 5) is 26.9. The van der Waals surface area contributed by atoms with E-state index in [1.54, 1.807) is 0 Å². The minimum Gasteiger partial charge on any atom is -0.481 e. The fourth-order valence-corrected chi connectivity index (χ4v) is 4.87. The molecule has 3 atom stereocenters. The van der Waals surface area contributed by atoms with Crippen molar-refractivity contribution in [2.75, 3.05) is 13.1 Å². The lowest BCUT2D eigenvalue weighted by molar-refractivity contribution is -0.143. The highest BCUT2D eigenvalue weighted by molar-refractivity contribution is 5.89. The third-order valence-electron chi connectivity index (χ3n) is 6.40. The topological polar surface area (TPSA) is 57.6 Å². The second kappa shape index (κ2) is 5.61. The van der Waals surface area contributed by atoms with Gasteiger partial charge in [0, 0.05) is 13.1 Å². The number of aliphatic carboxylic acids is 1. The van der Waals surface area contributed by atoms with E-state index in [1.165, 1.54) is 5.56 Å². The number of hydrogen-bond acceptors (Lipinski definition) is 2. The molecule has 0 bridgehead atoms. The van der Waals surface area contributed by atoms with Gasteiger partial charge in [0.1, 0.15) is 0 Å². The minimum absolute atomic E-state index is 0.129. The summed E-state index contributed by atoms with van der Waals surface area (Å²) in [6.45, 7) is 3.05. The molecule has 4 heteroatoms. The van der Waals surface area contributed by atoms with Crippen molar-refractivity contribution in [2.24, 2.45) is 17.8 Å². The van der Waals surface area contributed by atoms with E-state index in [0.717, 1.165) is 37.7 Å². The maximum atomic E-state index is 13.4. The van der Waals surface area contributed by atoms with Crippen molar-refractivity contribution in [3.05, 3.63) is 35.4 Å². The molecule has 1 saturated heterocycles. The van der Waals surface area contributed by atoms with Gasteiger partial charge in [0.15, 0.2) is 0 Å². The van der Waals surface area contributed by atoms with Crippen LogP contribution in [0.4, 0.5) is 0 Å². The smallest absolute Gasteiger partial charge is 0.308 e. The fourth-order valence-electron chi connectivity index (χ4n) is 4.87. The van der Waals surface area contributed by atoms with Crippen molar-refractivity contribution < 1.29 is 14.7 Å². The number of amides is 1. The molecular formula is C20H25NO3. The third-order valence-corrected chi connectivity index (χ3v) is 6.40.